The number of primary amides is 1. The van der Waals surface area contributed by atoms with Gasteiger partial charge >= 0.3 is 24.0 Å². The maximum Gasteiger partial charge on any atom is 0.426 e. The Bertz CT molecular complexity index is 1240. The lowest BCUT2D eigenvalue weighted by atomic mass is 10.2. The molecule has 0 saturated heterocycles. The molecule has 1 atom stereocenters. The largest absolute Gasteiger partial charge is 0.443 e. The van der Waals surface area contributed by atoms with E-state index in [1.54, 1.807) is 27.7 Å². The van der Waals surface area contributed by atoms with Crippen molar-refractivity contribution in [2.45, 2.75) is 78.6 Å². The van der Waals surface area contributed by atoms with E-state index in [0.717, 1.165) is 25.5 Å². The normalized spacial score (nSPS) is 13.0. The summed E-state index contributed by atoms with van der Waals surface area (Å²) in [5.74, 6) is 0. The average Bonchev–Trinajstić information content (AvgIpc) is 3.04. The summed E-state index contributed by atoms with van der Waals surface area (Å²) < 4.78 is 50.9. The Labute approximate surface area is 208 Å². The number of carbonyl (C=O) groups excluding carboxylic acids is 2. The molecule has 11 nitrogen and oxygen atoms in total. The third kappa shape index (κ3) is 7.22. The number of aryl methyl sites for hydroxylation is 2. The summed E-state index contributed by atoms with van der Waals surface area (Å²) in [6.45, 7) is 6.79. The molecule has 3 N–H and O–H groups in total. The van der Waals surface area contributed by atoms with Crippen molar-refractivity contribution in [3.63, 3.8) is 0 Å². The zero-order chi connectivity index (χ0) is 27.6. The first-order chi connectivity index (χ1) is 16.4. The predicted molar refractivity (Wildman–Crippen MR) is 127 cm³/mol. The molecule has 1 unspecified atom stereocenters. The summed E-state index contributed by atoms with van der Waals surface area (Å²) in [4.78, 5) is 50.7. The second-order valence-corrected chi connectivity index (χ2v) is 10.2. The van der Waals surface area contributed by atoms with Gasteiger partial charge in [-0.3, -0.25) is 13.9 Å². The highest BCUT2D eigenvalue weighted by atomic mass is 32.1. The third-order valence-electron chi connectivity index (χ3n) is 5.05. The smallest absolute Gasteiger partial charge is 0.426 e. The van der Waals surface area contributed by atoms with Crippen molar-refractivity contribution >= 4 is 33.7 Å². The molecule has 2 aromatic rings. The molecule has 0 aliphatic rings. The first-order valence-corrected chi connectivity index (χ1v) is 11.7. The number of hydrogen-bond acceptors (Lipinski definition) is 7. The van der Waals surface area contributed by atoms with Crippen molar-refractivity contribution in [3.8, 4) is 0 Å². The van der Waals surface area contributed by atoms with Gasteiger partial charge < -0.3 is 15.2 Å². The molecule has 2 rings (SSSR count). The lowest BCUT2D eigenvalue weighted by molar-refractivity contribution is -0.136. The van der Waals surface area contributed by atoms with Gasteiger partial charge in [-0.05, 0) is 40.2 Å². The number of alkyl halides is 3. The van der Waals surface area contributed by atoms with Crippen LogP contribution in [-0.4, -0.2) is 51.3 Å². The molecular formula is C21H30F3N5O6S. The van der Waals surface area contributed by atoms with Gasteiger partial charge in [0, 0.05) is 18.5 Å². The molecule has 202 valence electrons. The number of hydrazine groups is 1. The molecule has 2 heterocycles. The minimum absolute atomic E-state index is 0.0183. The Balaban J connectivity index is 2.62. The molecule has 2 aromatic heterocycles. The summed E-state index contributed by atoms with van der Waals surface area (Å²) in [6.07, 6.45) is -7.36. The van der Waals surface area contributed by atoms with Crippen molar-refractivity contribution in [3.05, 3.63) is 31.3 Å². The maximum atomic E-state index is 13.2. The molecule has 0 radical (unpaired) electrons. The van der Waals surface area contributed by atoms with E-state index >= 15 is 0 Å². The Morgan fingerprint density at radius 3 is 2.31 bits per heavy atom. The average molecular weight is 538 g/mol. The Morgan fingerprint density at radius 2 is 1.81 bits per heavy atom. The van der Waals surface area contributed by atoms with Gasteiger partial charge in [0.1, 0.15) is 10.4 Å². The second-order valence-electron chi connectivity index (χ2n) is 9.13. The molecule has 0 aliphatic heterocycles. The van der Waals surface area contributed by atoms with Crippen molar-refractivity contribution in [1.82, 2.24) is 19.6 Å². The van der Waals surface area contributed by atoms with E-state index in [0.29, 0.717) is 10.4 Å². The van der Waals surface area contributed by atoms with Gasteiger partial charge in [0.15, 0.2) is 0 Å². The molecule has 0 bridgehead atoms. The molecule has 0 saturated carbocycles. The van der Waals surface area contributed by atoms with Crippen LogP contribution in [0.4, 0.5) is 22.8 Å². The van der Waals surface area contributed by atoms with Gasteiger partial charge in [0.25, 0.3) is 5.56 Å². The van der Waals surface area contributed by atoms with Crippen LogP contribution in [0.5, 0.6) is 0 Å². The number of halogens is 3. The van der Waals surface area contributed by atoms with Crippen LogP contribution in [-0.2, 0) is 29.1 Å². The van der Waals surface area contributed by atoms with Crippen LogP contribution in [0, 0.1) is 6.92 Å². The molecule has 15 heteroatoms. The third-order valence-corrected chi connectivity index (χ3v) is 6.35. The van der Waals surface area contributed by atoms with Crippen LogP contribution in [0.25, 0.3) is 10.2 Å². The molecule has 0 aromatic carbocycles. The van der Waals surface area contributed by atoms with Crippen molar-refractivity contribution < 1.29 is 32.2 Å². The van der Waals surface area contributed by atoms with Crippen molar-refractivity contribution in [2.24, 2.45) is 5.73 Å². The van der Waals surface area contributed by atoms with E-state index in [2.05, 4.69) is 5.43 Å². The first-order valence-electron chi connectivity index (χ1n) is 10.9. The van der Waals surface area contributed by atoms with Gasteiger partial charge in [0.05, 0.1) is 31.0 Å². The van der Waals surface area contributed by atoms with E-state index in [1.165, 1.54) is 14.0 Å². The van der Waals surface area contributed by atoms with Crippen LogP contribution in [0.15, 0.2) is 9.59 Å². The SMILES string of the molecule is COC(C)Cn1c(=O)c2c(C)c(CN(NC(=O)OC(C)(C)C)C(N)=O)sc2n(CCC(F)(F)F)c1=O. The Morgan fingerprint density at radius 1 is 1.19 bits per heavy atom. The van der Waals surface area contributed by atoms with E-state index in [4.69, 9.17) is 15.2 Å². The van der Waals surface area contributed by atoms with E-state index < -0.39 is 54.2 Å². The van der Waals surface area contributed by atoms with Gasteiger partial charge in [-0.25, -0.2) is 24.8 Å². The van der Waals surface area contributed by atoms with E-state index in [9.17, 15) is 32.3 Å². The number of carbonyl (C=O) groups is 2. The lowest BCUT2D eigenvalue weighted by Gasteiger charge is -2.24. The molecular weight excluding hydrogens is 507 g/mol. The minimum Gasteiger partial charge on any atom is -0.443 e. The number of thiophene rings is 1. The van der Waals surface area contributed by atoms with Crippen molar-refractivity contribution in [1.29, 1.82) is 0 Å². The molecule has 3 amide bonds. The predicted octanol–water partition coefficient (Wildman–Crippen LogP) is 2.84. The summed E-state index contributed by atoms with van der Waals surface area (Å²) in [6, 6.07) is -1.04. The van der Waals surface area contributed by atoms with Crippen LogP contribution in [0.3, 0.4) is 0 Å². The van der Waals surface area contributed by atoms with E-state index in [1.807, 2.05) is 0 Å². The maximum absolute atomic E-state index is 13.2. The quantitative estimate of drug-likeness (QED) is 0.521. The lowest BCUT2D eigenvalue weighted by Crippen LogP contribution is -2.49. The summed E-state index contributed by atoms with van der Waals surface area (Å²) in [7, 11) is 1.38. The topological polar surface area (TPSA) is 138 Å². The highest BCUT2D eigenvalue weighted by Gasteiger charge is 2.29. The Kier molecular flexibility index (Phi) is 8.83. The van der Waals surface area contributed by atoms with Crippen molar-refractivity contribution in [2.75, 3.05) is 7.11 Å². The number of ether oxygens (including phenoxy) is 2. The zero-order valence-corrected chi connectivity index (χ0v) is 21.6. The van der Waals surface area contributed by atoms with Crippen LogP contribution in [0.1, 0.15) is 44.6 Å². The summed E-state index contributed by atoms with van der Waals surface area (Å²) in [5, 5.41) is 0.775. The standard InChI is InChI=1S/C21H30F3N5O6S/c1-11(34-6)9-28-15(30)14-12(2)13(10-29(17(25)31)26-18(32)35-20(3,4)5)36-16(14)27(19(28)33)8-7-21(22,23)24/h11H,7-10H2,1-6H3,(H2,25,31)(H,26,32). The molecule has 0 fully saturated rings. The summed E-state index contributed by atoms with van der Waals surface area (Å²) >= 11 is 0.858. The number of nitrogens with two attached hydrogens (primary N) is 1. The van der Waals surface area contributed by atoms with Crippen LogP contribution < -0.4 is 22.4 Å². The molecule has 0 spiro atoms. The number of fused-ring (bicyclic) bond motifs is 1. The fraction of sp³-hybridized carbons (Fsp3) is 0.619. The number of nitrogens with zero attached hydrogens (tertiary/aromatic N) is 3. The molecule has 36 heavy (non-hydrogen) atoms. The monoisotopic (exact) mass is 537 g/mol. The number of aromatic nitrogens is 2. The fourth-order valence-electron chi connectivity index (χ4n) is 3.25. The minimum atomic E-state index is -4.54. The number of amides is 3. The van der Waals surface area contributed by atoms with Gasteiger partial charge in [-0.2, -0.15) is 13.2 Å². The number of methoxy groups -OCH3 is 1. The van der Waals surface area contributed by atoms with Crippen LogP contribution >= 0.6 is 11.3 Å². The highest BCUT2D eigenvalue weighted by molar-refractivity contribution is 7.18. The number of urea groups is 1. The van der Waals surface area contributed by atoms with E-state index in [-0.39, 0.29) is 23.3 Å². The van der Waals surface area contributed by atoms with Gasteiger partial charge in [-0.15, -0.1) is 11.3 Å². The molecule has 0 aliphatic carbocycles. The van der Waals surface area contributed by atoms with Crippen LogP contribution in [0.2, 0.25) is 0 Å². The number of hydrogen-bond donors (Lipinski definition) is 2. The van der Waals surface area contributed by atoms with Gasteiger partial charge in [0.2, 0.25) is 0 Å². The number of rotatable bonds is 7. The number of nitrogens with one attached hydrogen (secondary N) is 1. The highest BCUT2D eigenvalue weighted by Crippen LogP contribution is 2.30. The fourth-order valence-corrected chi connectivity index (χ4v) is 4.55. The zero-order valence-electron chi connectivity index (χ0n) is 20.8. The first kappa shape index (κ1) is 29.2. The second kappa shape index (κ2) is 10.9. The van der Waals surface area contributed by atoms with Gasteiger partial charge in [-0.1, -0.05) is 0 Å². The summed E-state index contributed by atoms with van der Waals surface area (Å²) in [5.41, 5.74) is 5.45. The Hall–Kier alpha value is -3.07.